The number of nitrogens with one attached hydrogen (secondary N) is 1. The Labute approximate surface area is 155 Å². The Kier molecular flexibility index (Phi) is 6.57. The minimum absolute atomic E-state index is 0.0464. The normalized spacial score (nSPS) is 10.6. The molecule has 1 amide bonds. The first kappa shape index (κ1) is 19.3. The number of rotatable bonds is 7. The molecule has 1 N–H and O–H groups in total. The molecule has 0 radical (unpaired) electrons. The monoisotopic (exact) mass is 376 g/mol. The van der Waals surface area contributed by atoms with Gasteiger partial charge < -0.3 is 14.8 Å². The summed E-state index contributed by atoms with van der Waals surface area (Å²) < 4.78 is 10.7. The Morgan fingerprint density at radius 1 is 1.31 bits per heavy atom. The second-order valence-corrected chi connectivity index (χ2v) is 5.50. The number of anilines is 1. The van der Waals surface area contributed by atoms with Gasteiger partial charge in [0.15, 0.2) is 11.5 Å². The number of benzene rings is 2. The molecule has 0 spiro atoms. The number of hydrogen-bond donors (Lipinski definition) is 1. The van der Waals surface area contributed by atoms with Gasteiger partial charge >= 0.3 is 0 Å². The van der Waals surface area contributed by atoms with Gasteiger partial charge in [0.25, 0.3) is 5.69 Å². The molecule has 0 saturated heterocycles. The topological polar surface area (TPSA) is 90.7 Å². The number of methoxy groups -OCH3 is 1. The molecule has 2 aromatic rings. The van der Waals surface area contributed by atoms with E-state index in [1.807, 2.05) is 6.92 Å². The SMILES string of the molecule is CCOc1cc(/C=C/C(=O)Nc2ccc([N+](=O)[O-])cc2)cc(Cl)c1OC. The van der Waals surface area contributed by atoms with Crippen LogP contribution in [0.2, 0.25) is 5.02 Å². The Morgan fingerprint density at radius 2 is 2.00 bits per heavy atom. The van der Waals surface area contributed by atoms with Gasteiger partial charge in [0.05, 0.1) is 23.7 Å². The Bertz CT molecular complexity index is 834. The summed E-state index contributed by atoms with van der Waals surface area (Å²) in [6.45, 7) is 2.29. The van der Waals surface area contributed by atoms with Crippen molar-refractivity contribution in [2.24, 2.45) is 0 Å². The van der Waals surface area contributed by atoms with Crippen molar-refractivity contribution in [1.82, 2.24) is 0 Å². The molecule has 0 bridgehead atoms. The van der Waals surface area contributed by atoms with Gasteiger partial charge in [0.1, 0.15) is 0 Å². The summed E-state index contributed by atoms with van der Waals surface area (Å²) in [4.78, 5) is 22.1. The highest BCUT2D eigenvalue weighted by molar-refractivity contribution is 6.32. The molecular weight excluding hydrogens is 360 g/mol. The lowest BCUT2D eigenvalue weighted by atomic mass is 10.2. The summed E-state index contributed by atoms with van der Waals surface area (Å²) in [5.41, 5.74) is 1.07. The van der Waals surface area contributed by atoms with E-state index in [-0.39, 0.29) is 11.6 Å². The molecule has 2 aromatic carbocycles. The van der Waals surface area contributed by atoms with Crippen molar-refractivity contribution in [3.8, 4) is 11.5 Å². The summed E-state index contributed by atoms with van der Waals surface area (Å²) in [6, 6.07) is 8.92. The molecule has 0 aliphatic carbocycles. The van der Waals surface area contributed by atoms with Gasteiger partial charge in [-0.3, -0.25) is 14.9 Å². The van der Waals surface area contributed by atoms with Crippen LogP contribution in [0, 0.1) is 10.1 Å². The predicted octanol–water partition coefficient (Wildman–Crippen LogP) is 4.31. The smallest absolute Gasteiger partial charge is 0.269 e. The average molecular weight is 377 g/mol. The van der Waals surface area contributed by atoms with Gasteiger partial charge in [-0.2, -0.15) is 0 Å². The minimum atomic E-state index is -0.505. The molecule has 0 saturated carbocycles. The zero-order chi connectivity index (χ0) is 19.1. The number of amides is 1. The van der Waals surface area contributed by atoms with E-state index < -0.39 is 4.92 Å². The van der Waals surface area contributed by atoms with E-state index >= 15 is 0 Å². The highest BCUT2D eigenvalue weighted by Crippen LogP contribution is 2.36. The first-order chi connectivity index (χ1) is 12.4. The van der Waals surface area contributed by atoms with Crippen LogP contribution in [0.5, 0.6) is 11.5 Å². The summed E-state index contributed by atoms with van der Waals surface area (Å²) in [5, 5.41) is 13.6. The van der Waals surface area contributed by atoms with E-state index in [0.717, 1.165) is 0 Å². The number of ether oxygens (including phenoxy) is 2. The van der Waals surface area contributed by atoms with Crippen LogP contribution >= 0.6 is 11.6 Å². The molecule has 0 atom stereocenters. The molecular formula is C18H17ClN2O5. The van der Waals surface area contributed by atoms with Gasteiger partial charge in [-0.25, -0.2) is 0 Å². The Hall–Kier alpha value is -3.06. The average Bonchev–Trinajstić information content (AvgIpc) is 2.60. The molecule has 8 heteroatoms. The van der Waals surface area contributed by atoms with E-state index in [1.165, 1.54) is 37.5 Å². The fourth-order valence-electron chi connectivity index (χ4n) is 2.17. The van der Waals surface area contributed by atoms with Crippen LogP contribution in [0.25, 0.3) is 6.08 Å². The third-order valence-corrected chi connectivity index (χ3v) is 3.59. The highest BCUT2D eigenvalue weighted by atomic mass is 35.5. The zero-order valence-electron chi connectivity index (χ0n) is 14.2. The Morgan fingerprint density at radius 3 is 2.58 bits per heavy atom. The summed E-state index contributed by atoms with van der Waals surface area (Å²) in [7, 11) is 1.50. The number of carbonyl (C=O) groups excluding carboxylic acids is 1. The summed E-state index contributed by atoms with van der Waals surface area (Å²) in [5.74, 6) is 0.530. The second-order valence-electron chi connectivity index (χ2n) is 5.09. The molecule has 0 fully saturated rings. The van der Waals surface area contributed by atoms with Gasteiger partial charge in [-0.1, -0.05) is 11.6 Å². The highest BCUT2D eigenvalue weighted by Gasteiger charge is 2.11. The van der Waals surface area contributed by atoms with Crippen LogP contribution in [0.15, 0.2) is 42.5 Å². The number of carbonyl (C=O) groups is 1. The van der Waals surface area contributed by atoms with Crippen LogP contribution in [-0.4, -0.2) is 24.5 Å². The van der Waals surface area contributed by atoms with Crippen LogP contribution < -0.4 is 14.8 Å². The maximum absolute atomic E-state index is 12.0. The molecule has 0 aromatic heterocycles. The molecule has 136 valence electrons. The van der Waals surface area contributed by atoms with Crippen molar-refractivity contribution in [3.05, 3.63) is 63.2 Å². The lowest BCUT2D eigenvalue weighted by Gasteiger charge is -2.11. The first-order valence-corrected chi connectivity index (χ1v) is 8.06. The molecule has 0 unspecified atom stereocenters. The second kappa shape index (κ2) is 8.87. The van der Waals surface area contributed by atoms with E-state index in [1.54, 1.807) is 18.2 Å². The van der Waals surface area contributed by atoms with Crippen LogP contribution in [0.3, 0.4) is 0 Å². The number of hydrogen-bond acceptors (Lipinski definition) is 5. The molecule has 0 aliphatic heterocycles. The van der Waals surface area contributed by atoms with E-state index in [9.17, 15) is 14.9 Å². The van der Waals surface area contributed by atoms with Crippen LogP contribution in [-0.2, 0) is 4.79 Å². The quantitative estimate of drug-likeness (QED) is 0.441. The lowest BCUT2D eigenvalue weighted by molar-refractivity contribution is -0.384. The van der Waals surface area contributed by atoms with Crippen molar-refractivity contribution >= 4 is 35.0 Å². The van der Waals surface area contributed by atoms with Crippen molar-refractivity contribution in [2.45, 2.75) is 6.92 Å². The molecule has 0 aliphatic rings. The molecule has 0 heterocycles. The first-order valence-electron chi connectivity index (χ1n) is 7.68. The standard InChI is InChI=1S/C18H17ClN2O5/c1-3-26-16-11-12(10-15(19)18(16)25-2)4-9-17(22)20-13-5-7-14(8-6-13)21(23)24/h4-11H,3H2,1-2H3,(H,20,22)/b9-4+. The van der Waals surface area contributed by atoms with Crippen molar-refractivity contribution in [3.63, 3.8) is 0 Å². The fourth-order valence-corrected chi connectivity index (χ4v) is 2.46. The van der Waals surface area contributed by atoms with Crippen LogP contribution in [0.4, 0.5) is 11.4 Å². The van der Waals surface area contributed by atoms with E-state index in [4.69, 9.17) is 21.1 Å². The fraction of sp³-hybridized carbons (Fsp3) is 0.167. The van der Waals surface area contributed by atoms with Gasteiger partial charge in [-0.15, -0.1) is 0 Å². The van der Waals surface area contributed by atoms with Gasteiger partial charge in [0, 0.05) is 23.9 Å². The predicted molar refractivity (Wildman–Crippen MR) is 99.9 cm³/mol. The zero-order valence-corrected chi connectivity index (χ0v) is 14.9. The maximum Gasteiger partial charge on any atom is 0.269 e. The van der Waals surface area contributed by atoms with Gasteiger partial charge in [0.2, 0.25) is 5.91 Å². The number of nitrogens with zero attached hydrogens (tertiary/aromatic N) is 1. The number of non-ortho nitro benzene ring substituents is 1. The van der Waals surface area contributed by atoms with E-state index in [2.05, 4.69) is 5.32 Å². The van der Waals surface area contributed by atoms with Gasteiger partial charge in [-0.05, 0) is 42.8 Å². The summed E-state index contributed by atoms with van der Waals surface area (Å²) in [6.07, 6.45) is 2.91. The molecule has 7 nitrogen and oxygen atoms in total. The van der Waals surface area contributed by atoms with E-state index in [0.29, 0.717) is 34.4 Å². The third kappa shape index (κ3) is 4.97. The number of halogens is 1. The number of nitro groups is 1. The van der Waals surface area contributed by atoms with Crippen LogP contribution in [0.1, 0.15) is 12.5 Å². The van der Waals surface area contributed by atoms with Crippen molar-refractivity contribution in [1.29, 1.82) is 0 Å². The lowest BCUT2D eigenvalue weighted by Crippen LogP contribution is -2.07. The molecule has 26 heavy (non-hydrogen) atoms. The minimum Gasteiger partial charge on any atom is -0.491 e. The van der Waals surface area contributed by atoms with Crippen molar-refractivity contribution < 1.29 is 19.2 Å². The number of nitro benzene ring substituents is 1. The third-order valence-electron chi connectivity index (χ3n) is 3.31. The maximum atomic E-state index is 12.0. The largest absolute Gasteiger partial charge is 0.491 e. The molecule has 2 rings (SSSR count). The Balaban J connectivity index is 2.10. The summed E-state index contributed by atoms with van der Waals surface area (Å²) >= 11 is 6.16. The van der Waals surface area contributed by atoms with Crippen molar-refractivity contribution in [2.75, 3.05) is 19.0 Å².